The maximum atomic E-state index is 14.1. The molecule has 0 saturated carbocycles. The number of aromatic nitrogens is 3. The first-order chi connectivity index (χ1) is 24.9. The number of halogens is 2. The van der Waals surface area contributed by atoms with Crippen molar-refractivity contribution in [3.63, 3.8) is 0 Å². The fourth-order valence-electron chi connectivity index (χ4n) is 6.82. The molecule has 276 valence electrons. The summed E-state index contributed by atoms with van der Waals surface area (Å²) in [6.45, 7) is 3.85. The van der Waals surface area contributed by atoms with Crippen LogP contribution < -0.4 is 10.1 Å². The summed E-state index contributed by atoms with van der Waals surface area (Å²) in [5.74, 6) is -0.819. The van der Waals surface area contributed by atoms with Gasteiger partial charge in [0.25, 0.3) is 0 Å². The number of hydrogen-bond donors (Lipinski definition) is 2. The van der Waals surface area contributed by atoms with Crippen molar-refractivity contribution < 1.29 is 32.6 Å². The zero-order chi connectivity index (χ0) is 37.0. The van der Waals surface area contributed by atoms with Crippen LogP contribution in [-0.2, 0) is 31.0 Å². The molecule has 2 aromatic carbocycles. The number of aryl methyl sites for hydroxylation is 1. The quantitative estimate of drug-likeness (QED) is 0.178. The molecule has 2 aliphatic rings. The number of aliphatic carboxylic acids is 1. The molecule has 0 unspecified atom stereocenters. The van der Waals surface area contributed by atoms with Crippen molar-refractivity contribution in [3.8, 4) is 11.4 Å². The number of fused-ring (bicyclic) bond motifs is 1. The van der Waals surface area contributed by atoms with Crippen LogP contribution in [0.4, 0.5) is 0 Å². The molecule has 0 radical (unpaired) electrons. The standard InChI is InChI=1S/C36H40Cl2N6O7S/c1-23-18-30(43-17-13-39-22-43)26-4-2-6-31(35(26)41-23)51-21-27-28(37)8-9-32(34(27)38)52(49,50)44-14-3-5-29(44)36(48)40-19-24-11-15-42(16-12-24)20-25(45)7-10-33(46)47/h2,4,6,8-9,13,17-18,22,24,29H,3,5,7,10-12,14-16,19-21H2,1H3,(H,40,48)(H,46,47)/t29-/m0/s1. The van der Waals surface area contributed by atoms with Crippen molar-refractivity contribution in [1.82, 2.24) is 29.1 Å². The van der Waals surface area contributed by atoms with E-state index in [2.05, 4.69) is 10.3 Å². The fraction of sp³-hybridized carbons (Fsp3) is 0.417. The molecule has 2 aliphatic heterocycles. The summed E-state index contributed by atoms with van der Waals surface area (Å²) >= 11 is 13.4. The first kappa shape index (κ1) is 37.7. The van der Waals surface area contributed by atoms with Crippen LogP contribution in [0, 0.1) is 12.8 Å². The van der Waals surface area contributed by atoms with E-state index in [1.807, 2.05) is 40.8 Å². The van der Waals surface area contributed by atoms with Gasteiger partial charge in [0.05, 0.1) is 30.0 Å². The number of rotatable bonds is 14. The molecular weight excluding hydrogens is 731 g/mol. The lowest BCUT2D eigenvalue weighted by molar-refractivity contribution is -0.138. The number of hydrogen-bond acceptors (Lipinski definition) is 9. The molecule has 4 aromatic rings. The Morgan fingerprint density at radius 2 is 1.85 bits per heavy atom. The second-order valence-corrected chi connectivity index (χ2v) is 15.8. The molecule has 2 saturated heterocycles. The third-order valence-corrected chi connectivity index (χ3v) is 12.4. The number of pyridine rings is 1. The number of piperidine rings is 1. The van der Waals surface area contributed by atoms with E-state index in [9.17, 15) is 22.8 Å². The zero-order valence-electron chi connectivity index (χ0n) is 28.6. The third kappa shape index (κ3) is 8.42. The van der Waals surface area contributed by atoms with Crippen molar-refractivity contribution in [2.45, 2.75) is 63.0 Å². The number of nitrogens with zero attached hydrogens (tertiary/aromatic N) is 5. The lowest BCUT2D eigenvalue weighted by atomic mass is 9.96. The molecule has 52 heavy (non-hydrogen) atoms. The van der Waals surface area contributed by atoms with Crippen molar-refractivity contribution in [1.29, 1.82) is 0 Å². The van der Waals surface area contributed by atoms with Gasteiger partial charge in [0.2, 0.25) is 15.9 Å². The van der Waals surface area contributed by atoms with E-state index in [1.54, 1.807) is 18.6 Å². The van der Waals surface area contributed by atoms with Crippen molar-refractivity contribution in [2.24, 2.45) is 5.92 Å². The van der Waals surface area contributed by atoms with E-state index < -0.39 is 22.0 Å². The van der Waals surface area contributed by atoms with Gasteiger partial charge in [-0.15, -0.1) is 0 Å². The first-order valence-corrected chi connectivity index (χ1v) is 19.4. The summed E-state index contributed by atoms with van der Waals surface area (Å²) < 4.78 is 37.5. The van der Waals surface area contributed by atoms with Gasteiger partial charge >= 0.3 is 5.97 Å². The van der Waals surface area contributed by atoms with Crippen LogP contribution in [0.15, 0.2) is 60.0 Å². The number of carboxylic acids is 1. The number of ether oxygens (including phenoxy) is 1. The molecule has 0 spiro atoms. The van der Waals surface area contributed by atoms with Gasteiger partial charge in [0.1, 0.15) is 34.6 Å². The summed E-state index contributed by atoms with van der Waals surface area (Å²) in [5.41, 5.74) is 2.55. The average Bonchev–Trinajstić information content (AvgIpc) is 3.84. The number of ketones is 1. The molecule has 4 heterocycles. The van der Waals surface area contributed by atoms with Crippen LogP contribution >= 0.6 is 23.2 Å². The molecule has 2 fully saturated rings. The van der Waals surface area contributed by atoms with E-state index >= 15 is 0 Å². The number of amides is 1. The lowest BCUT2D eigenvalue weighted by Gasteiger charge is -2.32. The molecule has 1 atom stereocenters. The van der Waals surface area contributed by atoms with Crippen LogP contribution in [-0.4, -0.2) is 93.7 Å². The Morgan fingerprint density at radius 3 is 2.58 bits per heavy atom. The highest BCUT2D eigenvalue weighted by Gasteiger charge is 2.41. The number of carbonyl (C=O) groups is 3. The van der Waals surface area contributed by atoms with Gasteiger partial charge < -0.3 is 19.7 Å². The topological polar surface area (TPSA) is 164 Å². The Labute approximate surface area is 311 Å². The number of Topliss-reactive ketones (excluding diaryl/α,β-unsaturated/α-hetero) is 1. The number of likely N-dealkylation sites (tertiary alicyclic amines) is 1. The highest BCUT2D eigenvalue weighted by Crippen LogP contribution is 2.37. The normalized spacial score (nSPS) is 17.4. The minimum Gasteiger partial charge on any atom is -0.487 e. The van der Waals surface area contributed by atoms with E-state index in [1.165, 1.54) is 16.4 Å². The largest absolute Gasteiger partial charge is 0.487 e. The Balaban J connectivity index is 1.11. The average molecular weight is 772 g/mol. The second kappa shape index (κ2) is 16.3. The highest BCUT2D eigenvalue weighted by molar-refractivity contribution is 7.89. The lowest BCUT2D eigenvalue weighted by Crippen LogP contribution is -2.48. The number of carbonyl (C=O) groups excluding carboxylic acids is 2. The summed E-state index contributed by atoms with van der Waals surface area (Å²) in [6.07, 6.45) is 7.47. The van der Waals surface area contributed by atoms with E-state index in [0.717, 1.165) is 29.6 Å². The maximum absolute atomic E-state index is 14.1. The monoisotopic (exact) mass is 770 g/mol. The van der Waals surface area contributed by atoms with Gasteiger partial charge in [0.15, 0.2) is 0 Å². The minimum atomic E-state index is -4.20. The van der Waals surface area contributed by atoms with Gasteiger partial charge in [-0.3, -0.25) is 19.3 Å². The molecule has 6 rings (SSSR count). The third-order valence-electron chi connectivity index (χ3n) is 9.60. The van der Waals surface area contributed by atoms with E-state index in [4.69, 9.17) is 38.0 Å². The van der Waals surface area contributed by atoms with Gasteiger partial charge in [-0.05, 0) is 75.9 Å². The molecule has 0 bridgehead atoms. The Hall–Kier alpha value is -4.08. The molecule has 16 heteroatoms. The molecular formula is C36H40Cl2N6O7S. The molecule has 2 N–H and O–H groups in total. The van der Waals surface area contributed by atoms with Crippen molar-refractivity contribution >= 4 is 61.8 Å². The Kier molecular flexibility index (Phi) is 11.8. The number of para-hydroxylation sites is 1. The number of imidazole rings is 1. The summed E-state index contributed by atoms with van der Waals surface area (Å²) in [6, 6.07) is 9.44. The predicted molar refractivity (Wildman–Crippen MR) is 195 cm³/mol. The fourth-order valence-corrected chi connectivity index (χ4v) is 9.34. The predicted octanol–water partition coefficient (Wildman–Crippen LogP) is 5.03. The van der Waals surface area contributed by atoms with Crippen LogP contribution in [0.5, 0.6) is 5.75 Å². The second-order valence-electron chi connectivity index (χ2n) is 13.2. The van der Waals surface area contributed by atoms with Crippen LogP contribution in [0.3, 0.4) is 0 Å². The number of sulfonamides is 1. The molecule has 1 amide bonds. The van der Waals surface area contributed by atoms with Crippen LogP contribution in [0.1, 0.15) is 49.8 Å². The van der Waals surface area contributed by atoms with Crippen LogP contribution in [0.2, 0.25) is 10.0 Å². The first-order valence-electron chi connectivity index (χ1n) is 17.2. The minimum absolute atomic E-state index is 0.0137. The van der Waals surface area contributed by atoms with Gasteiger partial charge in [-0.1, -0.05) is 35.3 Å². The zero-order valence-corrected chi connectivity index (χ0v) is 31.0. The van der Waals surface area contributed by atoms with Gasteiger partial charge in [-0.25, -0.2) is 18.4 Å². The molecule has 13 nitrogen and oxygen atoms in total. The highest BCUT2D eigenvalue weighted by atomic mass is 35.5. The SMILES string of the molecule is Cc1cc(-n2ccnc2)c2cccc(OCc3c(Cl)ccc(S(=O)(=O)N4CCC[C@H]4C(=O)NCC4CCN(CC(=O)CCC(=O)O)CC4)c3Cl)c2n1. The van der Waals surface area contributed by atoms with Gasteiger partial charge in [-0.2, -0.15) is 4.31 Å². The maximum Gasteiger partial charge on any atom is 0.303 e. The molecule has 0 aliphatic carbocycles. The number of carboxylic acid groups (broad SMARTS) is 1. The summed E-state index contributed by atoms with van der Waals surface area (Å²) in [5, 5.41) is 12.8. The van der Waals surface area contributed by atoms with E-state index in [-0.39, 0.29) is 65.1 Å². The Morgan fingerprint density at radius 1 is 1.06 bits per heavy atom. The Bertz CT molecular complexity index is 2070. The number of nitrogens with one attached hydrogen (secondary N) is 1. The summed E-state index contributed by atoms with van der Waals surface area (Å²) in [7, 11) is -4.20. The van der Waals surface area contributed by atoms with Crippen molar-refractivity contribution in [2.75, 3.05) is 32.7 Å². The van der Waals surface area contributed by atoms with Crippen LogP contribution in [0.25, 0.3) is 16.6 Å². The van der Waals surface area contributed by atoms with Gasteiger partial charge in [0, 0.05) is 53.6 Å². The summed E-state index contributed by atoms with van der Waals surface area (Å²) in [4.78, 5) is 46.9. The van der Waals surface area contributed by atoms with Crippen molar-refractivity contribution in [3.05, 3.63) is 76.4 Å². The smallest absolute Gasteiger partial charge is 0.303 e. The molecule has 2 aromatic heterocycles. The number of benzene rings is 2. The van der Waals surface area contributed by atoms with E-state index in [0.29, 0.717) is 49.3 Å².